The summed E-state index contributed by atoms with van der Waals surface area (Å²) in [6.45, 7) is 0. The number of nitrogens with zero attached hydrogens (tertiary/aromatic N) is 2. The van der Waals surface area contributed by atoms with Crippen LogP contribution in [0, 0.1) is 10.1 Å². The van der Waals surface area contributed by atoms with Gasteiger partial charge >= 0.3 is 11.8 Å². The number of nitro groups is 1. The van der Waals surface area contributed by atoms with Crippen molar-refractivity contribution in [3.63, 3.8) is 0 Å². The van der Waals surface area contributed by atoms with E-state index in [9.17, 15) is 19.7 Å². The van der Waals surface area contributed by atoms with E-state index in [4.69, 9.17) is 0 Å². The summed E-state index contributed by atoms with van der Waals surface area (Å²) in [5.74, 6) is -1.88. The summed E-state index contributed by atoms with van der Waals surface area (Å²) in [4.78, 5) is 33.5. The highest BCUT2D eigenvalue weighted by molar-refractivity contribution is 6.39. The molecule has 0 saturated carbocycles. The van der Waals surface area contributed by atoms with Crippen LogP contribution in [-0.2, 0) is 9.59 Å². The van der Waals surface area contributed by atoms with E-state index < -0.39 is 16.7 Å². The zero-order valence-corrected chi connectivity index (χ0v) is 11.8. The maximum absolute atomic E-state index is 11.6. The molecule has 0 fully saturated rings. The summed E-state index contributed by atoms with van der Waals surface area (Å²) < 4.78 is 0. The lowest BCUT2D eigenvalue weighted by Crippen LogP contribution is -2.32. The maximum Gasteiger partial charge on any atom is 0.329 e. The summed E-state index contributed by atoms with van der Waals surface area (Å²) in [6, 6.07) is 14.3. The average molecular weight is 312 g/mol. The molecule has 0 bridgehead atoms. The fourth-order valence-electron chi connectivity index (χ4n) is 1.68. The van der Waals surface area contributed by atoms with Crippen LogP contribution >= 0.6 is 0 Å². The van der Waals surface area contributed by atoms with E-state index in [1.165, 1.54) is 18.2 Å². The fourth-order valence-corrected chi connectivity index (χ4v) is 1.68. The number of carbonyl (C=O) groups is 2. The Morgan fingerprint density at radius 1 is 1.00 bits per heavy atom. The first-order valence-electron chi connectivity index (χ1n) is 6.51. The van der Waals surface area contributed by atoms with Gasteiger partial charge in [0.15, 0.2) is 0 Å². The quantitative estimate of drug-likeness (QED) is 0.387. The third kappa shape index (κ3) is 4.46. The smallest absolute Gasteiger partial charge is 0.318 e. The Labute approximate surface area is 131 Å². The van der Waals surface area contributed by atoms with Crippen LogP contribution in [0.25, 0.3) is 0 Å². The molecule has 2 aromatic carbocycles. The van der Waals surface area contributed by atoms with Crippen molar-refractivity contribution >= 4 is 29.4 Å². The van der Waals surface area contributed by atoms with E-state index in [1.807, 2.05) is 5.43 Å². The van der Waals surface area contributed by atoms with Crippen LogP contribution in [0.1, 0.15) is 5.56 Å². The molecule has 0 atom stereocenters. The van der Waals surface area contributed by atoms with Crippen LogP contribution < -0.4 is 10.7 Å². The molecule has 2 amide bonds. The van der Waals surface area contributed by atoms with Gasteiger partial charge in [-0.2, -0.15) is 5.10 Å². The Morgan fingerprint density at radius 2 is 1.65 bits per heavy atom. The molecule has 2 N–H and O–H groups in total. The monoisotopic (exact) mass is 312 g/mol. The third-order valence-corrected chi connectivity index (χ3v) is 2.74. The molecule has 0 heterocycles. The van der Waals surface area contributed by atoms with Gasteiger partial charge in [-0.3, -0.25) is 19.7 Å². The molecule has 23 heavy (non-hydrogen) atoms. The molecule has 0 unspecified atom stereocenters. The van der Waals surface area contributed by atoms with Gasteiger partial charge in [0, 0.05) is 11.8 Å². The molecule has 8 heteroatoms. The van der Waals surface area contributed by atoms with Crippen molar-refractivity contribution in [2.45, 2.75) is 0 Å². The molecule has 0 saturated heterocycles. The zero-order valence-electron chi connectivity index (χ0n) is 11.8. The number of hydrogen-bond acceptors (Lipinski definition) is 5. The zero-order chi connectivity index (χ0) is 16.7. The SMILES string of the molecule is O=C(NN=Cc1ccccc1[N+](=O)[O-])C(=O)Nc1ccccc1. The third-order valence-electron chi connectivity index (χ3n) is 2.74. The van der Waals surface area contributed by atoms with Crippen LogP contribution in [0.15, 0.2) is 59.7 Å². The van der Waals surface area contributed by atoms with Crippen LogP contribution in [-0.4, -0.2) is 23.0 Å². The molecule has 8 nitrogen and oxygen atoms in total. The Balaban J connectivity index is 1.96. The summed E-state index contributed by atoms with van der Waals surface area (Å²) in [5, 5.41) is 16.8. The number of para-hydroxylation sites is 2. The van der Waals surface area contributed by atoms with Crippen LogP contribution in [0.4, 0.5) is 11.4 Å². The van der Waals surface area contributed by atoms with E-state index in [-0.39, 0.29) is 11.3 Å². The van der Waals surface area contributed by atoms with Gasteiger partial charge in [0.2, 0.25) is 0 Å². The molecule has 2 rings (SSSR count). The number of benzene rings is 2. The summed E-state index contributed by atoms with van der Waals surface area (Å²) in [5.41, 5.74) is 2.54. The summed E-state index contributed by atoms with van der Waals surface area (Å²) in [6.07, 6.45) is 1.10. The largest absolute Gasteiger partial charge is 0.329 e. The van der Waals surface area contributed by atoms with E-state index in [2.05, 4.69) is 10.4 Å². The minimum atomic E-state index is -0.983. The molecule has 0 aliphatic carbocycles. The topological polar surface area (TPSA) is 114 Å². The highest BCUT2D eigenvalue weighted by Crippen LogP contribution is 2.14. The first-order valence-corrected chi connectivity index (χ1v) is 6.51. The van der Waals surface area contributed by atoms with Crippen molar-refractivity contribution in [1.29, 1.82) is 0 Å². The fraction of sp³-hybridized carbons (Fsp3) is 0. The second-order valence-corrected chi connectivity index (χ2v) is 4.34. The number of nitro benzene ring substituents is 1. The van der Waals surface area contributed by atoms with Crippen molar-refractivity contribution in [2.24, 2.45) is 5.10 Å². The second kappa shape index (κ2) is 7.46. The average Bonchev–Trinajstić information content (AvgIpc) is 2.56. The molecule has 0 aliphatic heterocycles. The van der Waals surface area contributed by atoms with Crippen molar-refractivity contribution in [3.05, 3.63) is 70.3 Å². The van der Waals surface area contributed by atoms with Crippen molar-refractivity contribution in [3.8, 4) is 0 Å². The van der Waals surface area contributed by atoms with Gasteiger partial charge in [0.25, 0.3) is 5.69 Å². The molecule has 0 aromatic heterocycles. The van der Waals surface area contributed by atoms with Gasteiger partial charge in [-0.15, -0.1) is 0 Å². The highest BCUT2D eigenvalue weighted by Gasteiger charge is 2.13. The van der Waals surface area contributed by atoms with Crippen molar-refractivity contribution < 1.29 is 14.5 Å². The maximum atomic E-state index is 11.6. The van der Waals surface area contributed by atoms with Gasteiger partial charge in [-0.1, -0.05) is 30.3 Å². The Hall–Kier alpha value is -3.55. The first-order chi connectivity index (χ1) is 11.1. The molecule has 2 aromatic rings. The number of hydrazone groups is 1. The van der Waals surface area contributed by atoms with Crippen LogP contribution in [0.5, 0.6) is 0 Å². The van der Waals surface area contributed by atoms with E-state index in [0.29, 0.717) is 5.69 Å². The molecule has 0 radical (unpaired) electrons. The highest BCUT2D eigenvalue weighted by atomic mass is 16.6. The van der Waals surface area contributed by atoms with Gasteiger partial charge in [0.1, 0.15) is 0 Å². The summed E-state index contributed by atoms with van der Waals surface area (Å²) in [7, 11) is 0. The van der Waals surface area contributed by atoms with Crippen molar-refractivity contribution in [2.75, 3.05) is 5.32 Å². The first kappa shape index (κ1) is 15.8. The lowest BCUT2D eigenvalue weighted by Gasteiger charge is -2.03. The van der Waals surface area contributed by atoms with Gasteiger partial charge < -0.3 is 5.32 Å². The molecule has 116 valence electrons. The second-order valence-electron chi connectivity index (χ2n) is 4.34. The Morgan fingerprint density at radius 3 is 2.35 bits per heavy atom. The molecular formula is C15H12N4O4. The van der Waals surface area contributed by atoms with Crippen molar-refractivity contribution in [1.82, 2.24) is 5.43 Å². The van der Waals surface area contributed by atoms with Gasteiger partial charge in [-0.25, -0.2) is 5.43 Å². The molecule has 0 spiro atoms. The number of nitrogens with one attached hydrogen (secondary N) is 2. The number of hydrogen-bond donors (Lipinski definition) is 2. The van der Waals surface area contributed by atoms with Gasteiger partial charge in [-0.05, 0) is 18.2 Å². The number of carbonyl (C=O) groups excluding carboxylic acids is 2. The van der Waals surface area contributed by atoms with Crippen LogP contribution in [0.2, 0.25) is 0 Å². The predicted octanol–water partition coefficient (Wildman–Crippen LogP) is 1.68. The predicted molar refractivity (Wildman–Crippen MR) is 83.9 cm³/mol. The molecular weight excluding hydrogens is 300 g/mol. The van der Waals surface area contributed by atoms with E-state index >= 15 is 0 Å². The number of rotatable bonds is 4. The Bertz CT molecular complexity index is 759. The van der Waals surface area contributed by atoms with E-state index in [1.54, 1.807) is 36.4 Å². The van der Waals surface area contributed by atoms with Gasteiger partial charge in [0.05, 0.1) is 16.7 Å². The van der Waals surface area contributed by atoms with Crippen LogP contribution in [0.3, 0.4) is 0 Å². The lowest BCUT2D eigenvalue weighted by atomic mass is 10.2. The standard InChI is InChI=1S/C15H12N4O4/c20-14(17-12-7-2-1-3-8-12)15(21)18-16-10-11-6-4-5-9-13(11)19(22)23/h1-10H,(H,17,20)(H,18,21). The van der Waals surface area contributed by atoms with E-state index in [0.717, 1.165) is 6.21 Å². The normalized spacial score (nSPS) is 10.3. The minimum absolute atomic E-state index is 0.153. The Kier molecular flexibility index (Phi) is 5.13. The lowest BCUT2D eigenvalue weighted by molar-refractivity contribution is -0.385. The number of amides is 2. The molecule has 0 aliphatic rings. The minimum Gasteiger partial charge on any atom is -0.318 e. The summed E-state index contributed by atoms with van der Waals surface area (Å²) >= 11 is 0. The number of anilines is 1.